The molecule has 2 unspecified atom stereocenters. The summed E-state index contributed by atoms with van der Waals surface area (Å²) in [5.41, 5.74) is 7.77. The Morgan fingerprint density at radius 2 is 2.21 bits per heavy atom. The molecule has 0 bridgehead atoms. The van der Waals surface area contributed by atoms with Gasteiger partial charge in [-0.2, -0.15) is 0 Å². The number of ether oxygens (including phenoxy) is 3. The number of rotatable bonds is 3. The largest absolute Gasteiger partial charge is 0.488 e. The highest BCUT2D eigenvalue weighted by Gasteiger charge is 2.22. The molecule has 104 valence electrons. The van der Waals surface area contributed by atoms with Crippen LogP contribution >= 0.6 is 0 Å². The fourth-order valence-corrected chi connectivity index (χ4v) is 2.64. The second-order valence-electron chi connectivity index (χ2n) is 5.28. The van der Waals surface area contributed by atoms with Gasteiger partial charge in [0.15, 0.2) is 6.29 Å². The predicted molar refractivity (Wildman–Crippen MR) is 73.1 cm³/mol. The van der Waals surface area contributed by atoms with Crippen LogP contribution in [0.3, 0.4) is 0 Å². The molecule has 19 heavy (non-hydrogen) atoms. The molecule has 0 amide bonds. The summed E-state index contributed by atoms with van der Waals surface area (Å²) in [4.78, 5) is 0. The number of benzene rings is 1. The zero-order valence-electron chi connectivity index (χ0n) is 11.1. The summed E-state index contributed by atoms with van der Waals surface area (Å²) >= 11 is 0. The average molecular weight is 263 g/mol. The second-order valence-corrected chi connectivity index (χ2v) is 5.28. The SMILES string of the molecule is Nc1ccc2c(c1)CCC(COC1CCCCO1)O2. The maximum absolute atomic E-state index is 5.94. The minimum atomic E-state index is -0.0369. The van der Waals surface area contributed by atoms with Gasteiger partial charge in [-0.3, -0.25) is 0 Å². The van der Waals surface area contributed by atoms with Crippen LogP contribution in [-0.4, -0.2) is 25.6 Å². The molecule has 3 rings (SSSR count). The van der Waals surface area contributed by atoms with Gasteiger partial charge in [0.25, 0.3) is 0 Å². The van der Waals surface area contributed by atoms with Crippen molar-refractivity contribution in [1.82, 2.24) is 0 Å². The lowest BCUT2D eigenvalue weighted by atomic mass is 10.0. The van der Waals surface area contributed by atoms with Crippen LogP contribution in [-0.2, 0) is 15.9 Å². The Labute approximate surface area is 113 Å². The molecule has 2 N–H and O–H groups in total. The number of anilines is 1. The first kappa shape index (κ1) is 12.8. The first-order chi connectivity index (χ1) is 9.31. The number of hydrogen-bond acceptors (Lipinski definition) is 4. The highest BCUT2D eigenvalue weighted by atomic mass is 16.7. The van der Waals surface area contributed by atoms with E-state index >= 15 is 0 Å². The first-order valence-electron chi connectivity index (χ1n) is 7.09. The minimum Gasteiger partial charge on any atom is -0.488 e. The molecule has 0 aromatic heterocycles. The standard InChI is InChI=1S/C15H21NO3/c16-12-5-7-14-11(9-12)4-6-13(19-14)10-18-15-3-1-2-8-17-15/h5,7,9,13,15H,1-4,6,8,10,16H2. The molecule has 1 aromatic carbocycles. The smallest absolute Gasteiger partial charge is 0.157 e. The lowest BCUT2D eigenvalue weighted by Gasteiger charge is -2.29. The van der Waals surface area contributed by atoms with Crippen LogP contribution in [0, 0.1) is 0 Å². The molecule has 4 nitrogen and oxygen atoms in total. The molecule has 0 aliphatic carbocycles. The van der Waals surface area contributed by atoms with Crippen molar-refractivity contribution in [1.29, 1.82) is 0 Å². The molecule has 4 heteroatoms. The van der Waals surface area contributed by atoms with Crippen LogP contribution < -0.4 is 10.5 Å². The first-order valence-corrected chi connectivity index (χ1v) is 7.09. The van der Waals surface area contributed by atoms with Gasteiger partial charge in [0.1, 0.15) is 11.9 Å². The Bertz CT molecular complexity index is 429. The molecular weight excluding hydrogens is 242 g/mol. The number of fused-ring (bicyclic) bond motifs is 1. The van der Waals surface area contributed by atoms with Crippen LogP contribution in [0.1, 0.15) is 31.2 Å². The Morgan fingerprint density at radius 1 is 1.26 bits per heavy atom. The van der Waals surface area contributed by atoms with E-state index in [9.17, 15) is 0 Å². The lowest BCUT2D eigenvalue weighted by Crippen LogP contribution is -2.32. The van der Waals surface area contributed by atoms with E-state index in [-0.39, 0.29) is 12.4 Å². The molecular formula is C15H21NO3. The van der Waals surface area contributed by atoms with Gasteiger partial charge in [-0.05, 0) is 55.9 Å². The molecule has 1 fully saturated rings. The van der Waals surface area contributed by atoms with Gasteiger partial charge in [-0.25, -0.2) is 0 Å². The molecule has 0 saturated carbocycles. The summed E-state index contributed by atoms with van der Waals surface area (Å²) in [6, 6.07) is 5.83. The van der Waals surface area contributed by atoms with Gasteiger partial charge in [-0.1, -0.05) is 0 Å². The summed E-state index contributed by atoms with van der Waals surface area (Å²) in [6.07, 6.45) is 5.40. The van der Waals surface area contributed by atoms with E-state index in [0.717, 1.165) is 43.7 Å². The van der Waals surface area contributed by atoms with Crippen LogP contribution in [0.5, 0.6) is 5.75 Å². The monoisotopic (exact) mass is 263 g/mol. The van der Waals surface area contributed by atoms with E-state index in [0.29, 0.717) is 6.61 Å². The predicted octanol–water partition coefficient (Wildman–Crippen LogP) is 2.51. The summed E-state index contributed by atoms with van der Waals surface area (Å²) in [5, 5.41) is 0. The normalized spacial score (nSPS) is 26.5. The number of nitrogen functional groups attached to an aromatic ring is 1. The molecule has 2 aliphatic rings. The summed E-state index contributed by atoms with van der Waals surface area (Å²) in [7, 11) is 0. The lowest BCUT2D eigenvalue weighted by molar-refractivity contribution is -0.174. The van der Waals surface area contributed by atoms with Gasteiger partial charge < -0.3 is 19.9 Å². The molecule has 0 radical (unpaired) electrons. The maximum Gasteiger partial charge on any atom is 0.157 e. The van der Waals surface area contributed by atoms with Gasteiger partial charge in [-0.15, -0.1) is 0 Å². The summed E-state index contributed by atoms with van der Waals surface area (Å²) < 4.78 is 17.3. The summed E-state index contributed by atoms with van der Waals surface area (Å²) in [5.74, 6) is 0.943. The quantitative estimate of drug-likeness (QED) is 0.851. The zero-order valence-corrected chi connectivity index (χ0v) is 11.1. The third kappa shape index (κ3) is 3.19. The fourth-order valence-electron chi connectivity index (χ4n) is 2.64. The molecule has 2 aliphatic heterocycles. The molecule has 2 heterocycles. The molecule has 0 spiro atoms. The van der Waals surface area contributed by atoms with Crippen molar-refractivity contribution < 1.29 is 14.2 Å². The van der Waals surface area contributed by atoms with E-state index in [4.69, 9.17) is 19.9 Å². The minimum absolute atomic E-state index is 0.0369. The van der Waals surface area contributed by atoms with Crippen molar-refractivity contribution in [2.45, 2.75) is 44.5 Å². The van der Waals surface area contributed by atoms with Crippen LogP contribution in [0.15, 0.2) is 18.2 Å². The number of hydrogen-bond donors (Lipinski definition) is 1. The van der Waals surface area contributed by atoms with Gasteiger partial charge in [0.05, 0.1) is 6.61 Å². The topological polar surface area (TPSA) is 53.7 Å². The van der Waals surface area contributed by atoms with Crippen molar-refractivity contribution in [3.05, 3.63) is 23.8 Å². The Morgan fingerprint density at radius 3 is 3.05 bits per heavy atom. The van der Waals surface area contributed by atoms with Crippen molar-refractivity contribution in [2.24, 2.45) is 0 Å². The molecule has 2 atom stereocenters. The van der Waals surface area contributed by atoms with Gasteiger partial charge >= 0.3 is 0 Å². The van der Waals surface area contributed by atoms with Crippen LogP contribution in [0.2, 0.25) is 0 Å². The third-order valence-corrected chi connectivity index (χ3v) is 3.72. The van der Waals surface area contributed by atoms with Gasteiger partial charge in [0.2, 0.25) is 0 Å². The van der Waals surface area contributed by atoms with E-state index in [1.54, 1.807) is 0 Å². The fraction of sp³-hybridized carbons (Fsp3) is 0.600. The highest BCUT2D eigenvalue weighted by molar-refractivity contribution is 5.48. The second kappa shape index (κ2) is 5.80. The highest BCUT2D eigenvalue weighted by Crippen LogP contribution is 2.29. The van der Waals surface area contributed by atoms with E-state index in [2.05, 4.69) is 0 Å². The van der Waals surface area contributed by atoms with E-state index in [1.165, 1.54) is 12.0 Å². The number of aryl methyl sites for hydroxylation is 1. The van der Waals surface area contributed by atoms with E-state index < -0.39 is 0 Å². The third-order valence-electron chi connectivity index (χ3n) is 3.72. The van der Waals surface area contributed by atoms with Crippen LogP contribution in [0.25, 0.3) is 0 Å². The molecule has 1 aromatic rings. The van der Waals surface area contributed by atoms with Crippen LogP contribution in [0.4, 0.5) is 5.69 Å². The zero-order chi connectivity index (χ0) is 13.1. The average Bonchev–Trinajstić information content (AvgIpc) is 2.46. The molecule has 1 saturated heterocycles. The van der Waals surface area contributed by atoms with Crippen molar-refractivity contribution in [2.75, 3.05) is 18.9 Å². The van der Waals surface area contributed by atoms with Crippen molar-refractivity contribution in [3.8, 4) is 5.75 Å². The Hall–Kier alpha value is -1.26. The number of nitrogens with two attached hydrogens (primary N) is 1. The van der Waals surface area contributed by atoms with E-state index in [1.807, 2.05) is 18.2 Å². The van der Waals surface area contributed by atoms with Gasteiger partial charge in [0, 0.05) is 12.3 Å². The van der Waals surface area contributed by atoms with Crippen molar-refractivity contribution >= 4 is 5.69 Å². The maximum atomic E-state index is 5.94. The Balaban J connectivity index is 1.52. The Kier molecular flexibility index (Phi) is 3.89. The van der Waals surface area contributed by atoms with Crippen molar-refractivity contribution in [3.63, 3.8) is 0 Å². The summed E-state index contributed by atoms with van der Waals surface area (Å²) in [6.45, 7) is 1.42.